The highest BCUT2D eigenvalue weighted by Gasteiger charge is 2.26. The average molecular weight is 354 g/mol. The largest absolute Gasteiger partial charge is 0.496 e. The van der Waals surface area contributed by atoms with E-state index >= 15 is 0 Å². The number of Topliss-reactive ketones (excluding diaryl/α,β-unsaturated/α-hetero) is 1. The molecule has 0 aliphatic heterocycles. The molecule has 0 saturated carbocycles. The van der Waals surface area contributed by atoms with Crippen LogP contribution in [0.25, 0.3) is 0 Å². The topological polar surface area (TPSA) is 61.8 Å². The van der Waals surface area contributed by atoms with Crippen molar-refractivity contribution in [3.63, 3.8) is 0 Å². The zero-order chi connectivity index (χ0) is 18.7. The van der Waals surface area contributed by atoms with Crippen molar-refractivity contribution in [2.75, 3.05) is 14.2 Å². The maximum Gasteiger partial charge on any atom is 0.346 e. The molecule has 0 heterocycles. The lowest BCUT2D eigenvalue weighted by Crippen LogP contribution is -2.25. The van der Waals surface area contributed by atoms with E-state index in [1.54, 1.807) is 31.2 Å². The summed E-state index contributed by atoms with van der Waals surface area (Å²) in [7, 11) is 2.93. The minimum Gasteiger partial charge on any atom is -0.496 e. The van der Waals surface area contributed by atoms with Gasteiger partial charge in [-0.05, 0) is 55.5 Å². The average Bonchev–Trinajstić information content (AvgIpc) is 3.14. The molecule has 0 radical (unpaired) electrons. The van der Waals surface area contributed by atoms with Gasteiger partial charge in [0.1, 0.15) is 17.1 Å². The Hall–Kier alpha value is -2.82. The number of fused-ring (bicyclic) bond motifs is 1. The number of hydrogen-bond acceptors (Lipinski definition) is 5. The second-order valence-electron chi connectivity index (χ2n) is 6.29. The number of ether oxygens (including phenoxy) is 3. The van der Waals surface area contributed by atoms with Gasteiger partial charge in [0.05, 0.1) is 14.2 Å². The zero-order valence-electron chi connectivity index (χ0n) is 15.2. The van der Waals surface area contributed by atoms with Gasteiger partial charge >= 0.3 is 5.97 Å². The second kappa shape index (κ2) is 7.60. The van der Waals surface area contributed by atoms with Crippen LogP contribution < -0.4 is 9.47 Å². The summed E-state index contributed by atoms with van der Waals surface area (Å²) in [6.07, 6.45) is 2.26. The Morgan fingerprint density at radius 3 is 2.27 bits per heavy atom. The molecule has 0 bridgehead atoms. The fourth-order valence-corrected chi connectivity index (χ4v) is 3.29. The Kier molecular flexibility index (Phi) is 5.26. The molecule has 0 unspecified atom stereocenters. The molecule has 3 rings (SSSR count). The van der Waals surface area contributed by atoms with Gasteiger partial charge in [-0.2, -0.15) is 0 Å². The number of esters is 1. The number of hydrogen-bond donors (Lipinski definition) is 0. The van der Waals surface area contributed by atoms with Crippen LogP contribution >= 0.6 is 0 Å². The molecule has 136 valence electrons. The lowest BCUT2D eigenvalue weighted by Gasteiger charge is -2.16. The lowest BCUT2D eigenvalue weighted by molar-refractivity contribution is 0.0312. The highest BCUT2D eigenvalue weighted by molar-refractivity contribution is 6.02. The Morgan fingerprint density at radius 2 is 1.62 bits per heavy atom. The normalized spacial score (nSPS) is 13.7. The molecule has 0 spiro atoms. The Balaban J connectivity index is 1.78. The van der Waals surface area contributed by atoms with Crippen LogP contribution in [-0.4, -0.2) is 32.1 Å². The van der Waals surface area contributed by atoms with Crippen LogP contribution in [0.1, 0.15) is 45.2 Å². The van der Waals surface area contributed by atoms with Crippen molar-refractivity contribution in [1.82, 2.24) is 0 Å². The van der Waals surface area contributed by atoms with Gasteiger partial charge in [-0.3, -0.25) is 4.79 Å². The van der Waals surface area contributed by atoms with Gasteiger partial charge in [-0.15, -0.1) is 0 Å². The molecular formula is C21H22O5. The minimum absolute atomic E-state index is 0.172. The zero-order valence-corrected chi connectivity index (χ0v) is 15.2. The van der Waals surface area contributed by atoms with E-state index in [2.05, 4.69) is 0 Å². The van der Waals surface area contributed by atoms with E-state index in [-0.39, 0.29) is 11.3 Å². The molecule has 0 N–H and O–H groups in total. The molecule has 1 aliphatic rings. The molecule has 1 aliphatic carbocycles. The standard InChI is InChI=1S/C21H22O5/c1-13(20(22)16-11-10-14-6-4-7-15(14)12-16)26-21(23)19-17(24-2)8-5-9-18(19)25-3/h5,8-13H,4,6-7H2,1-3H3/t13-/m0/s1. The number of carbonyl (C=O) groups excluding carboxylic acids is 2. The number of rotatable bonds is 6. The van der Waals surface area contributed by atoms with Gasteiger partial charge in [-0.1, -0.05) is 18.2 Å². The summed E-state index contributed by atoms with van der Waals surface area (Å²) in [5, 5.41) is 0. The number of aryl methyl sites for hydroxylation is 2. The van der Waals surface area contributed by atoms with Crippen molar-refractivity contribution < 1.29 is 23.8 Å². The van der Waals surface area contributed by atoms with Crippen LogP contribution in [-0.2, 0) is 17.6 Å². The first-order valence-corrected chi connectivity index (χ1v) is 8.63. The number of carbonyl (C=O) groups is 2. The highest BCUT2D eigenvalue weighted by Crippen LogP contribution is 2.29. The van der Waals surface area contributed by atoms with Gasteiger partial charge in [0.15, 0.2) is 6.10 Å². The molecule has 0 fully saturated rings. The minimum atomic E-state index is -0.906. The van der Waals surface area contributed by atoms with Crippen LogP contribution in [0.15, 0.2) is 36.4 Å². The van der Waals surface area contributed by atoms with Crippen LogP contribution in [0.5, 0.6) is 11.5 Å². The van der Waals surface area contributed by atoms with E-state index in [1.807, 2.05) is 12.1 Å². The molecule has 2 aromatic rings. The van der Waals surface area contributed by atoms with Crippen molar-refractivity contribution in [3.8, 4) is 11.5 Å². The van der Waals surface area contributed by atoms with E-state index in [1.165, 1.54) is 25.3 Å². The van der Waals surface area contributed by atoms with Gasteiger partial charge in [0.25, 0.3) is 0 Å². The van der Waals surface area contributed by atoms with Crippen molar-refractivity contribution in [3.05, 3.63) is 58.7 Å². The molecule has 5 nitrogen and oxygen atoms in total. The van der Waals surface area contributed by atoms with Gasteiger partial charge in [-0.25, -0.2) is 4.79 Å². The maximum absolute atomic E-state index is 12.7. The summed E-state index contributed by atoms with van der Waals surface area (Å²) in [4.78, 5) is 25.3. The van der Waals surface area contributed by atoms with E-state index in [4.69, 9.17) is 14.2 Å². The summed E-state index contributed by atoms with van der Waals surface area (Å²) in [6.45, 7) is 1.58. The predicted octanol–water partition coefficient (Wildman–Crippen LogP) is 3.62. The molecule has 0 amide bonds. The molecule has 1 atom stereocenters. The molecule has 0 saturated heterocycles. The Labute approximate surface area is 152 Å². The van der Waals surface area contributed by atoms with E-state index < -0.39 is 12.1 Å². The van der Waals surface area contributed by atoms with Crippen LogP contribution in [0.2, 0.25) is 0 Å². The Morgan fingerprint density at radius 1 is 0.962 bits per heavy atom. The van der Waals surface area contributed by atoms with E-state index in [0.29, 0.717) is 17.1 Å². The fraction of sp³-hybridized carbons (Fsp3) is 0.333. The fourth-order valence-electron chi connectivity index (χ4n) is 3.29. The summed E-state index contributed by atoms with van der Waals surface area (Å²) >= 11 is 0. The number of methoxy groups -OCH3 is 2. The van der Waals surface area contributed by atoms with Gasteiger partial charge < -0.3 is 14.2 Å². The molecule has 5 heteroatoms. The lowest BCUT2D eigenvalue weighted by atomic mass is 10.0. The molecule has 0 aromatic heterocycles. The van der Waals surface area contributed by atoms with Crippen LogP contribution in [0.4, 0.5) is 0 Å². The number of ketones is 1. The van der Waals surface area contributed by atoms with Crippen molar-refractivity contribution in [2.45, 2.75) is 32.3 Å². The third-order valence-corrected chi connectivity index (χ3v) is 4.67. The predicted molar refractivity (Wildman–Crippen MR) is 97.2 cm³/mol. The van der Waals surface area contributed by atoms with Crippen molar-refractivity contribution >= 4 is 11.8 Å². The first-order valence-electron chi connectivity index (χ1n) is 8.63. The van der Waals surface area contributed by atoms with Gasteiger partial charge in [0, 0.05) is 5.56 Å². The van der Waals surface area contributed by atoms with Crippen LogP contribution in [0, 0.1) is 0 Å². The van der Waals surface area contributed by atoms with Crippen LogP contribution in [0.3, 0.4) is 0 Å². The molecule has 26 heavy (non-hydrogen) atoms. The summed E-state index contributed by atoms with van der Waals surface area (Å²) in [6, 6.07) is 10.7. The Bertz CT molecular complexity index is 818. The monoisotopic (exact) mass is 354 g/mol. The first-order chi connectivity index (χ1) is 12.5. The first kappa shape index (κ1) is 18.0. The van der Waals surface area contributed by atoms with Crippen molar-refractivity contribution in [1.29, 1.82) is 0 Å². The number of benzene rings is 2. The maximum atomic E-state index is 12.7. The second-order valence-corrected chi connectivity index (χ2v) is 6.29. The summed E-state index contributed by atoms with van der Waals surface area (Å²) < 4.78 is 15.8. The smallest absolute Gasteiger partial charge is 0.346 e. The molecule has 2 aromatic carbocycles. The summed E-state index contributed by atoms with van der Waals surface area (Å²) in [5.41, 5.74) is 3.25. The quantitative estimate of drug-likeness (QED) is 0.586. The van der Waals surface area contributed by atoms with E-state index in [0.717, 1.165) is 19.3 Å². The summed E-state index contributed by atoms with van der Waals surface area (Å²) in [5.74, 6) is -0.193. The SMILES string of the molecule is COc1cccc(OC)c1C(=O)O[C@@H](C)C(=O)c1ccc2c(c1)CCC2. The third-order valence-electron chi connectivity index (χ3n) is 4.67. The third kappa shape index (κ3) is 3.43. The highest BCUT2D eigenvalue weighted by atomic mass is 16.6. The van der Waals surface area contributed by atoms with Gasteiger partial charge in [0.2, 0.25) is 5.78 Å². The van der Waals surface area contributed by atoms with E-state index in [9.17, 15) is 9.59 Å². The van der Waals surface area contributed by atoms with Crippen molar-refractivity contribution in [2.24, 2.45) is 0 Å². The molecular weight excluding hydrogens is 332 g/mol.